The lowest BCUT2D eigenvalue weighted by Crippen LogP contribution is -2.43. The molecule has 0 bridgehead atoms. The SMILES string of the molecule is O=Nc1ccc(SCC(=O)NNC(=O)CSc2ccc(N=O)cc2[N+](=O)[O-])cc1. The molecule has 2 aromatic carbocycles. The fourth-order valence-corrected chi connectivity index (χ4v) is 3.44. The highest BCUT2D eigenvalue weighted by Crippen LogP contribution is 2.32. The van der Waals surface area contributed by atoms with Crippen LogP contribution in [0.2, 0.25) is 0 Å². The Morgan fingerprint density at radius 2 is 1.45 bits per heavy atom. The number of nitrogens with zero attached hydrogens (tertiary/aromatic N) is 3. The maximum Gasteiger partial charge on any atom is 0.285 e. The van der Waals surface area contributed by atoms with Crippen molar-refractivity contribution < 1.29 is 14.5 Å². The number of hydrazine groups is 1. The molecular formula is C16H13N5O6S2. The smallest absolute Gasteiger partial charge is 0.272 e. The average Bonchev–Trinajstić information content (AvgIpc) is 2.74. The zero-order valence-electron chi connectivity index (χ0n) is 14.6. The van der Waals surface area contributed by atoms with Crippen molar-refractivity contribution in [3.63, 3.8) is 0 Å². The van der Waals surface area contributed by atoms with Crippen LogP contribution in [0.5, 0.6) is 0 Å². The predicted octanol–water partition coefficient (Wildman–Crippen LogP) is 3.42. The first-order valence-corrected chi connectivity index (χ1v) is 9.78. The van der Waals surface area contributed by atoms with Crippen molar-refractivity contribution >= 4 is 52.4 Å². The van der Waals surface area contributed by atoms with Gasteiger partial charge in [-0.25, -0.2) is 0 Å². The number of thioether (sulfide) groups is 2. The molecule has 2 aromatic rings. The Morgan fingerprint density at radius 1 is 0.897 bits per heavy atom. The van der Waals surface area contributed by atoms with Gasteiger partial charge in [0, 0.05) is 11.0 Å². The van der Waals surface area contributed by atoms with Crippen LogP contribution in [0.4, 0.5) is 17.1 Å². The minimum Gasteiger partial charge on any atom is -0.272 e. The van der Waals surface area contributed by atoms with E-state index in [4.69, 9.17) is 0 Å². The van der Waals surface area contributed by atoms with Gasteiger partial charge < -0.3 is 0 Å². The molecule has 0 saturated heterocycles. The van der Waals surface area contributed by atoms with E-state index in [0.717, 1.165) is 22.7 Å². The van der Waals surface area contributed by atoms with Gasteiger partial charge in [-0.2, -0.15) is 0 Å². The first-order valence-electron chi connectivity index (χ1n) is 7.81. The third kappa shape index (κ3) is 6.97. The number of carbonyl (C=O) groups excluding carboxylic acids is 2. The van der Waals surface area contributed by atoms with Gasteiger partial charge in [-0.1, -0.05) is 0 Å². The lowest BCUT2D eigenvalue weighted by atomic mass is 10.3. The number of nitro groups is 1. The predicted molar refractivity (Wildman–Crippen MR) is 108 cm³/mol. The molecule has 2 N–H and O–H groups in total. The van der Waals surface area contributed by atoms with Crippen molar-refractivity contribution in [2.45, 2.75) is 9.79 Å². The molecule has 0 saturated carbocycles. The normalized spacial score (nSPS) is 10.1. The fraction of sp³-hybridized carbons (Fsp3) is 0.125. The van der Waals surface area contributed by atoms with E-state index in [0.29, 0.717) is 0 Å². The van der Waals surface area contributed by atoms with Crippen LogP contribution in [0.25, 0.3) is 0 Å². The average molecular weight is 435 g/mol. The molecule has 0 aromatic heterocycles. The molecule has 11 nitrogen and oxygen atoms in total. The molecule has 0 radical (unpaired) electrons. The molecule has 150 valence electrons. The Morgan fingerprint density at radius 3 is 2.00 bits per heavy atom. The monoisotopic (exact) mass is 435 g/mol. The number of nitroso groups, excluding NO2 is 2. The quantitative estimate of drug-likeness (QED) is 0.262. The molecule has 0 unspecified atom stereocenters. The number of hydrogen-bond donors (Lipinski definition) is 2. The van der Waals surface area contributed by atoms with Gasteiger partial charge in [0.15, 0.2) is 0 Å². The third-order valence-corrected chi connectivity index (χ3v) is 5.33. The molecule has 0 aliphatic rings. The van der Waals surface area contributed by atoms with Gasteiger partial charge in [0.25, 0.3) is 5.69 Å². The molecule has 0 atom stereocenters. The van der Waals surface area contributed by atoms with E-state index in [1.807, 2.05) is 0 Å². The summed E-state index contributed by atoms with van der Waals surface area (Å²) in [5.74, 6) is -1.20. The van der Waals surface area contributed by atoms with Crippen LogP contribution in [0.3, 0.4) is 0 Å². The Kier molecular flexibility index (Phi) is 8.24. The van der Waals surface area contributed by atoms with Gasteiger partial charge in [0.1, 0.15) is 11.4 Å². The van der Waals surface area contributed by atoms with Crippen LogP contribution < -0.4 is 10.9 Å². The van der Waals surface area contributed by atoms with Gasteiger partial charge in [-0.05, 0) is 46.8 Å². The molecular weight excluding hydrogens is 422 g/mol. The van der Waals surface area contributed by atoms with Gasteiger partial charge in [0.05, 0.1) is 21.3 Å². The molecule has 29 heavy (non-hydrogen) atoms. The lowest BCUT2D eigenvalue weighted by molar-refractivity contribution is -0.387. The second-order valence-electron chi connectivity index (χ2n) is 5.26. The topological polar surface area (TPSA) is 160 Å². The standard InChI is InChI=1S/C16H13N5O6S2/c22-15(8-28-12-4-1-10(19-24)2-5-12)17-18-16(23)9-29-14-6-3-11(20-25)7-13(14)21(26)27/h1-7H,8-9H2,(H,17,22)(H,18,23). The number of amides is 2. The van der Waals surface area contributed by atoms with E-state index >= 15 is 0 Å². The Hall–Kier alpha value is -3.32. The largest absolute Gasteiger partial charge is 0.285 e. The first kappa shape index (κ1) is 22.0. The molecule has 0 fully saturated rings. The molecule has 2 amide bonds. The summed E-state index contributed by atoms with van der Waals surface area (Å²) in [6.45, 7) is 0. The molecule has 0 spiro atoms. The van der Waals surface area contributed by atoms with Crippen LogP contribution in [-0.2, 0) is 9.59 Å². The summed E-state index contributed by atoms with van der Waals surface area (Å²) in [4.78, 5) is 55.7. The van der Waals surface area contributed by atoms with Gasteiger partial charge in [-0.15, -0.1) is 33.3 Å². The Labute approximate surface area is 172 Å². The summed E-state index contributed by atoms with van der Waals surface area (Å²) in [6.07, 6.45) is 0. The van der Waals surface area contributed by atoms with Crippen LogP contribution in [0.1, 0.15) is 0 Å². The van der Waals surface area contributed by atoms with Crippen LogP contribution >= 0.6 is 23.5 Å². The molecule has 0 aliphatic carbocycles. The number of rotatable bonds is 9. The van der Waals surface area contributed by atoms with Crippen molar-refractivity contribution in [3.05, 3.63) is 62.4 Å². The second kappa shape index (κ2) is 10.9. The summed E-state index contributed by atoms with van der Waals surface area (Å²) in [6, 6.07) is 9.96. The van der Waals surface area contributed by atoms with Gasteiger partial charge in [-0.3, -0.25) is 30.6 Å². The number of hydrogen-bond acceptors (Lipinski definition) is 10. The third-order valence-electron chi connectivity index (χ3n) is 3.26. The summed E-state index contributed by atoms with van der Waals surface area (Å²) in [7, 11) is 0. The van der Waals surface area contributed by atoms with Crippen molar-refractivity contribution in [3.8, 4) is 0 Å². The number of nitrogens with one attached hydrogen (secondary N) is 2. The van der Waals surface area contributed by atoms with E-state index in [1.54, 1.807) is 12.1 Å². The lowest BCUT2D eigenvalue weighted by Gasteiger charge is -2.07. The summed E-state index contributed by atoms with van der Waals surface area (Å²) in [5, 5.41) is 16.5. The Bertz CT molecular complexity index is 938. The minimum atomic E-state index is -0.675. The highest BCUT2D eigenvalue weighted by atomic mass is 32.2. The molecule has 13 heteroatoms. The first-order chi connectivity index (χ1) is 13.9. The fourth-order valence-electron chi connectivity index (χ4n) is 1.93. The van der Waals surface area contributed by atoms with Crippen LogP contribution in [-0.4, -0.2) is 28.2 Å². The van der Waals surface area contributed by atoms with Crippen molar-refractivity contribution in [1.29, 1.82) is 0 Å². The van der Waals surface area contributed by atoms with Crippen LogP contribution in [0, 0.1) is 19.9 Å². The number of benzene rings is 2. The van der Waals surface area contributed by atoms with E-state index in [1.165, 1.54) is 36.0 Å². The maximum absolute atomic E-state index is 11.8. The van der Waals surface area contributed by atoms with E-state index in [2.05, 4.69) is 21.2 Å². The Balaban J connectivity index is 1.77. The minimum absolute atomic E-state index is 0.0208. The maximum atomic E-state index is 11.8. The van der Waals surface area contributed by atoms with Crippen LogP contribution in [0.15, 0.2) is 62.6 Å². The van der Waals surface area contributed by atoms with E-state index in [-0.39, 0.29) is 33.5 Å². The number of carbonyl (C=O) groups is 2. The van der Waals surface area contributed by atoms with Crippen molar-refractivity contribution in [2.24, 2.45) is 10.4 Å². The molecule has 0 aliphatic heterocycles. The molecule has 2 rings (SSSR count). The zero-order chi connectivity index (χ0) is 21.2. The highest BCUT2D eigenvalue weighted by molar-refractivity contribution is 8.00. The van der Waals surface area contributed by atoms with Crippen molar-refractivity contribution in [1.82, 2.24) is 10.9 Å². The summed E-state index contributed by atoms with van der Waals surface area (Å²) in [5.41, 5.74) is 4.30. The van der Waals surface area contributed by atoms with E-state index < -0.39 is 16.7 Å². The van der Waals surface area contributed by atoms with E-state index in [9.17, 15) is 29.5 Å². The molecule has 0 heterocycles. The zero-order valence-corrected chi connectivity index (χ0v) is 16.2. The highest BCUT2D eigenvalue weighted by Gasteiger charge is 2.17. The summed E-state index contributed by atoms with van der Waals surface area (Å²) >= 11 is 2.08. The number of nitro benzene ring substituents is 1. The van der Waals surface area contributed by atoms with Gasteiger partial charge in [0.2, 0.25) is 11.8 Å². The second-order valence-corrected chi connectivity index (χ2v) is 7.33. The summed E-state index contributed by atoms with van der Waals surface area (Å²) < 4.78 is 0. The van der Waals surface area contributed by atoms with Gasteiger partial charge >= 0.3 is 0 Å². The van der Waals surface area contributed by atoms with Crippen molar-refractivity contribution in [2.75, 3.05) is 11.5 Å².